The Labute approximate surface area is 101 Å². The summed E-state index contributed by atoms with van der Waals surface area (Å²) in [4.78, 5) is 15.4. The molecule has 1 unspecified atom stereocenters. The van der Waals surface area contributed by atoms with E-state index >= 15 is 0 Å². The van der Waals surface area contributed by atoms with Crippen LogP contribution in [0.1, 0.15) is 25.3 Å². The first-order valence-corrected chi connectivity index (χ1v) is 7.07. The highest BCUT2D eigenvalue weighted by Gasteiger charge is 2.18. The second-order valence-corrected chi connectivity index (χ2v) is 5.72. The van der Waals surface area contributed by atoms with Crippen LogP contribution in [0.15, 0.2) is 23.4 Å². The Balaban J connectivity index is 3.04. The average molecular weight is 257 g/mol. The molecule has 0 aromatic carbocycles. The Morgan fingerprint density at radius 1 is 1.47 bits per heavy atom. The molecule has 0 aliphatic rings. The van der Waals surface area contributed by atoms with E-state index in [2.05, 4.69) is 4.98 Å². The van der Waals surface area contributed by atoms with Crippen LogP contribution in [0, 0.1) is 0 Å². The normalized spacial score (nSPS) is 13.1. The summed E-state index contributed by atoms with van der Waals surface area (Å²) in [6, 6.07) is 1.45. The van der Waals surface area contributed by atoms with E-state index in [4.69, 9.17) is 4.74 Å². The van der Waals surface area contributed by atoms with Crippen LogP contribution < -0.4 is 0 Å². The Hall–Kier alpha value is -1.43. The van der Waals surface area contributed by atoms with Gasteiger partial charge >= 0.3 is 5.97 Å². The van der Waals surface area contributed by atoms with Gasteiger partial charge < -0.3 is 4.74 Å². The summed E-state index contributed by atoms with van der Waals surface area (Å²) < 4.78 is 27.6. The summed E-state index contributed by atoms with van der Waals surface area (Å²) in [5, 5.41) is 0. The second kappa shape index (κ2) is 5.27. The third kappa shape index (κ3) is 3.52. The maximum atomic E-state index is 11.5. The number of esters is 1. The zero-order chi connectivity index (χ0) is 13.1. The third-order valence-corrected chi connectivity index (χ3v) is 3.38. The molecule has 0 aliphatic carbocycles. The molecule has 0 N–H and O–H groups in total. The SMILES string of the molecule is CCOC(=O)C(C)c1cncc(S(C)(=O)=O)c1. The van der Waals surface area contributed by atoms with Crippen molar-refractivity contribution in [3.63, 3.8) is 0 Å². The molecule has 0 amide bonds. The van der Waals surface area contributed by atoms with E-state index in [-0.39, 0.29) is 10.9 Å². The highest BCUT2D eigenvalue weighted by atomic mass is 32.2. The highest BCUT2D eigenvalue weighted by Crippen LogP contribution is 2.19. The summed E-state index contributed by atoms with van der Waals surface area (Å²) in [7, 11) is -3.31. The fraction of sp³-hybridized carbons (Fsp3) is 0.455. The van der Waals surface area contributed by atoms with Gasteiger partial charge in [0.05, 0.1) is 17.4 Å². The Kier molecular flexibility index (Phi) is 4.22. The van der Waals surface area contributed by atoms with Gasteiger partial charge in [-0.1, -0.05) is 0 Å². The zero-order valence-corrected chi connectivity index (χ0v) is 10.8. The van der Waals surface area contributed by atoms with Crippen LogP contribution in [-0.2, 0) is 19.4 Å². The summed E-state index contributed by atoms with van der Waals surface area (Å²) in [6.45, 7) is 3.67. The van der Waals surface area contributed by atoms with Crippen LogP contribution in [0.4, 0.5) is 0 Å². The van der Waals surface area contributed by atoms with Gasteiger partial charge in [0.1, 0.15) is 0 Å². The molecule has 17 heavy (non-hydrogen) atoms. The van der Waals surface area contributed by atoms with Crippen molar-refractivity contribution in [2.75, 3.05) is 12.9 Å². The number of nitrogens with zero attached hydrogens (tertiary/aromatic N) is 1. The maximum absolute atomic E-state index is 11.5. The first kappa shape index (κ1) is 13.6. The van der Waals surface area contributed by atoms with Crippen molar-refractivity contribution >= 4 is 15.8 Å². The highest BCUT2D eigenvalue weighted by molar-refractivity contribution is 7.90. The first-order valence-electron chi connectivity index (χ1n) is 5.18. The predicted octanol–water partition coefficient (Wildman–Crippen LogP) is 1.15. The van der Waals surface area contributed by atoms with Crippen LogP contribution in [0.2, 0.25) is 0 Å². The number of hydrogen-bond acceptors (Lipinski definition) is 5. The molecular formula is C11H15NO4S. The molecule has 5 nitrogen and oxygen atoms in total. The number of carbonyl (C=O) groups is 1. The van der Waals surface area contributed by atoms with Gasteiger partial charge in [0.25, 0.3) is 0 Å². The van der Waals surface area contributed by atoms with Gasteiger partial charge in [-0.25, -0.2) is 8.42 Å². The van der Waals surface area contributed by atoms with E-state index < -0.39 is 15.8 Å². The molecular weight excluding hydrogens is 242 g/mol. The van der Waals surface area contributed by atoms with Crippen molar-refractivity contribution < 1.29 is 17.9 Å². The Morgan fingerprint density at radius 3 is 2.65 bits per heavy atom. The minimum absolute atomic E-state index is 0.103. The van der Waals surface area contributed by atoms with Crippen LogP contribution in [0.25, 0.3) is 0 Å². The summed E-state index contributed by atoms with van der Waals surface area (Å²) >= 11 is 0. The molecule has 1 aromatic rings. The molecule has 1 aromatic heterocycles. The van der Waals surface area contributed by atoms with E-state index in [1.165, 1.54) is 18.5 Å². The number of aromatic nitrogens is 1. The molecule has 0 saturated heterocycles. The monoisotopic (exact) mass is 257 g/mol. The lowest BCUT2D eigenvalue weighted by molar-refractivity contribution is -0.144. The fourth-order valence-electron chi connectivity index (χ4n) is 1.28. The first-order chi connectivity index (χ1) is 7.86. The van der Waals surface area contributed by atoms with Crippen molar-refractivity contribution in [1.29, 1.82) is 0 Å². The lowest BCUT2D eigenvalue weighted by Crippen LogP contribution is -2.13. The molecule has 0 fully saturated rings. The molecule has 1 heterocycles. The fourth-order valence-corrected chi connectivity index (χ4v) is 1.88. The van der Waals surface area contributed by atoms with Crippen LogP contribution in [0.3, 0.4) is 0 Å². The summed E-state index contributed by atoms with van der Waals surface area (Å²) in [6.07, 6.45) is 3.83. The van der Waals surface area contributed by atoms with E-state index in [0.717, 1.165) is 6.26 Å². The van der Waals surface area contributed by atoms with E-state index in [0.29, 0.717) is 12.2 Å². The predicted molar refractivity (Wildman–Crippen MR) is 62.4 cm³/mol. The number of rotatable bonds is 4. The van der Waals surface area contributed by atoms with E-state index in [1.807, 2.05) is 0 Å². The van der Waals surface area contributed by atoms with Crippen LogP contribution in [-0.4, -0.2) is 32.2 Å². The van der Waals surface area contributed by atoms with Crippen molar-refractivity contribution in [3.05, 3.63) is 24.0 Å². The van der Waals surface area contributed by atoms with Crippen molar-refractivity contribution in [1.82, 2.24) is 4.98 Å². The van der Waals surface area contributed by atoms with Crippen molar-refractivity contribution in [2.24, 2.45) is 0 Å². The van der Waals surface area contributed by atoms with Crippen molar-refractivity contribution in [3.8, 4) is 0 Å². The van der Waals surface area contributed by atoms with Gasteiger partial charge in [0.2, 0.25) is 0 Å². The molecule has 0 spiro atoms. The van der Waals surface area contributed by atoms with Gasteiger partial charge in [-0.3, -0.25) is 9.78 Å². The minimum Gasteiger partial charge on any atom is -0.466 e. The molecule has 0 aliphatic heterocycles. The molecule has 0 radical (unpaired) electrons. The summed E-state index contributed by atoms with van der Waals surface area (Å²) in [5.41, 5.74) is 0.534. The number of carbonyl (C=O) groups excluding carboxylic acids is 1. The Morgan fingerprint density at radius 2 is 2.12 bits per heavy atom. The number of hydrogen-bond donors (Lipinski definition) is 0. The van der Waals surface area contributed by atoms with Gasteiger partial charge in [-0.05, 0) is 25.5 Å². The summed E-state index contributed by atoms with van der Waals surface area (Å²) in [5.74, 6) is -0.913. The topological polar surface area (TPSA) is 73.3 Å². The lowest BCUT2D eigenvalue weighted by Gasteiger charge is -2.11. The maximum Gasteiger partial charge on any atom is 0.313 e. The molecule has 0 bridgehead atoms. The quantitative estimate of drug-likeness (QED) is 0.756. The number of ether oxygens (including phenoxy) is 1. The lowest BCUT2D eigenvalue weighted by atomic mass is 10.0. The third-order valence-electron chi connectivity index (χ3n) is 2.30. The zero-order valence-electron chi connectivity index (χ0n) is 10.0. The molecule has 0 saturated carbocycles. The van der Waals surface area contributed by atoms with Crippen LogP contribution in [0.5, 0.6) is 0 Å². The average Bonchev–Trinajstić information content (AvgIpc) is 2.27. The number of pyridine rings is 1. The van der Waals surface area contributed by atoms with Gasteiger partial charge in [-0.2, -0.15) is 0 Å². The smallest absolute Gasteiger partial charge is 0.313 e. The molecule has 6 heteroatoms. The largest absolute Gasteiger partial charge is 0.466 e. The van der Waals surface area contributed by atoms with E-state index in [1.54, 1.807) is 13.8 Å². The van der Waals surface area contributed by atoms with Crippen molar-refractivity contribution in [2.45, 2.75) is 24.7 Å². The second-order valence-electron chi connectivity index (χ2n) is 3.70. The molecule has 1 atom stereocenters. The Bertz CT molecular complexity index is 510. The van der Waals surface area contributed by atoms with Crippen LogP contribution >= 0.6 is 0 Å². The minimum atomic E-state index is -3.31. The number of sulfone groups is 1. The molecule has 1 rings (SSSR count). The van der Waals surface area contributed by atoms with Gasteiger partial charge in [0.15, 0.2) is 9.84 Å². The standard InChI is InChI=1S/C11H15NO4S/c1-4-16-11(13)8(2)9-5-10(7-12-6-9)17(3,14)15/h5-8H,4H2,1-3H3. The van der Waals surface area contributed by atoms with Gasteiger partial charge in [0, 0.05) is 18.6 Å². The van der Waals surface area contributed by atoms with E-state index in [9.17, 15) is 13.2 Å². The van der Waals surface area contributed by atoms with Gasteiger partial charge in [-0.15, -0.1) is 0 Å². The molecule has 94 valence electrons.